The van der Waals surface area contributed by atoms with Gasteiger partial charge in [0, 0.05) is 61.5 Å². The number of benzene rings is 4. The summed E-state index contributed by atoms with van der Waals surface area (Å²) in [7, 11) is 0. The van der Waals surface area contributed by atoms with Gasteiger partial charge < -0.3 is 41.0 Å². The highest BCUT2D eigenvalue weighted by molar-refractivity contribution is 7.99. The van der Waals surface area contributed by atoms with Crippen LogP contribution < -0.4 is 43.0 Å². The van der Waals surface area contributed by atoms with Gasteiger partial charge in [-0.1, -0.05) is 109 Å². The van der Waals surface area contributed by atoms with Gasteiger partial charge in [-0.05, 0) is 94.2 Å². The topological polar surface area (TPSA) is 332 Å². The van der Waals surface area contributed by atoms with Gasteiger partial charge in [0.25, 0.3) is 11.8 Å². The number of carboxylic acid groups (broad SMARTS) is 2. The number of carbonyl (C=O) groups excluding carboxylic acids is 8. The second-order valence-corrected chi connectivity index (χ2v) is 24.9. The lowest BCUT2D eigenvalue weighted by Gasteiger charge is -2.25. The maximum atomic E-state index is 13.5. The smallest absolute Gasteiger partial charge is 0.408 e. The molecule has 0 bridgehead atoms. The Bertz CT molecular complexity index is 2970. The zero-order chi connectivity index (χ0) is 63.6. The van der Waals surface area contributed by atoms with Crippen LogP contribution in [0.1, 0.15) is 94.2 Å². The molecule has 4 aromatic rings. The lowest BCUT2D eigenvalue weighted by atomic mass is 10.1. The first kappa shape index (κ1) is 69.6. The van der Waals surface area contributed by atoms with E-state index in [2.05, 4.69) is 43.0 Å². The first-order valence-corrected chi connectivity index (χ1v) is 30.5. The zero-order valence-electron chi connectivity index (χ0n) is 49.9. The number of nitrogens with zero attached hydrogens (tertiary/aromatic N) is 2. The average molecular weight is 1240 g/mol. The Morgan fingerprint density at radius 3 is 1.44 bits per heavy atom. The molecule has 470 valence electrons. The summed E-state index contributed by atoms with van der Waals surface area (Å²) in [5, 5.41) is 29.8. The molecule has 1 aliphatic rings. The summed E-state index contributed by atoms with van der Waals surface area (Å²) in [6.07, 6.45) is -0.496. The molecule has 0 spiro atoms. The molecule has 87 heavy (non-hydrogen) atoms. The van der Waals surface area contributed by atoms with Gasteiger partial charge in [-0.15, -0.1) is 0 Å². The van der Waals surface area contributed by atoms with Crippen LogP contribution >= 0.6 is 23.5 Å². The molecule has 0 saturated heterocycles. The molecule has 2 unspecified atom stereocenters. The van der Waals surface area contributed by atoms with Crippen molar-refractivity contribution in [2.75, 3.05) is 45.0 Å². The molecule has 26 heteroatoms. The molecule has 4 aromatic carbocycles. The van der Waals surface area contributed by atoms with Crippen molar-refractivity contribution < 1.29 is 67.6 Å². The van der Waals surface area contributed by atoms with Gasteiger partial charge in [-0.3, -0.25) is 69.9 Å². The standard InChI is InChI=1S/C61H80N10O14S2/c1-59(2,3)84-57(82)64-47(40-86-38-45-13-9-7-10-14-45)55(80)68-66-49(72)27-25-41-17-21-43(22-18-41)32-62-51(74)34-70(36-53(76)77)29-30-71(37-54(78)79)35-52(75)63-33-44-23-19-42(20-24-44)26-28-50(73)67-69-56(81)61(65-58(83)85-60(4,5)6)31-48(61)87-39-46-15-11-8-12-16-46/h7-24,47-48H,25-40H2,1-6H3,(H,62,74)(H,63,75)(H,64,82)(H,65,83)(H,66,72)(H,67,73)(H,68,80)(H,69,81)(H,76,77)(H,78,79)/t47-,48?,61?/m1/s1. The van der Waals surface area contributed by atoms with Crippen molar-refractivity contribution in [2.24, 2.45) is 0 Å². The van der Waals surface area contributed by atoms with Crippen LogP contribution in [0.4, 0.5) is 9.59 Å². The van der Waals surface area contributed by atoms with Crippen LogP contribution in [-0.2, 0) is 85.3 Å². The van der Waals surface area contributed by atoms with Crippen LogP contribution in [0.5, 0.6) is 0 Å². The number of hydrogen-bond donors (Lipinski definition) is 10. The van der Waals surface area contributed by atoms with Gasteiger partial charge in [0.15, 0.2) is 0 Å². The summed E-state index contributed by atoms with van der Waals surface area (Å²) in [6.45, 7) is 8.60. The number of amides is 8. The first-order chi connectivity index (χ1) is 41.2. The maximum absolute atomic E-state index is 13.5. The largest absolute Gasteiger partial charge is 0.480 e. The van der Waals surface area contributed by atoms with Gasteiger partial charge in [-0.2, -0.15) is 23.5 Å². The van der Waals surface area contributed by atoms with E-state index in [-0.39, 0.29) is 63.1 Å². The van der Waals surface area contributed by atoms with Gasteiger partial charge >= 0.3 is 24.1 Å². The lowest BCUT2D eigenvalue weighted by Crippen LogP contribution is -2.56. The number of hydrogen-bond acceptors (Lipinski definition) is 16. The third kappa shape index (κ3) is 27.4. The summed E-state index contributed by atoms with van der Waals surface area (Å²) in [5.74, 6) is -4.14. The Hall–Kier alpha value is -8.20. The Balaban J connectivity index is 1.000. The predicted octanol–water partition coefficient (Wildman–Crippen LogP) is 4.35. The Labute approximate surface area is 515 Å². The summed E-state index contributed by atoms with van der Waals surface area (Å²) in [5.41, 5.74) is 12.0. The minimum Gasteiger partial charge on any atom is -0.480 e. The molecule has 1 saturated carbocycles. The van der Waals surface area contributed by atoms with E-state index in [9.17, 15) is 58.2 Å². The molecular weight excluding hydrogens is 1160 g/mol. The van der Waals surface area contributed by atoms with Crippen LogP contribution in [0.3, 0.4) is 0 Å². The van der Waals surface area contributed by atoms with Gasteiger partial charge in [0.2, 0.25) is 23.6 Å². The van der Waals surface area contributed by atoms with Crippen molar-refractivity contribution >= 4 is 83.1 Å². The third-order valence-electron chi connectivity index (χ3n) is 12.9. The first-order valence-electron chi connectivity index (χ1n) is 28.3. The van der Waals surface area contributed by atoms with Crippen LogP contribution in [0.15, 0.2) is 109 Å². The number of carboxylic acids is 2. The molecule has 0 aromatic heterocycles. The lowest BCUT2D eigenvalue weighted by molar-refractivity contribution is -0.141. The number of rotatable bonds is 32. The molecular formula is C61H80N10O14S2. The van der Waals surface area contributed by atoms with Crippen molar-refractivity contribution in [3.8, 4) is 0 Å². The fraction of sp³-hybridized carbons (Fsp3) is 0.443. The van der Waals surface area contributed by atoms with Crippen molar-refractivity contribution in [1.29, 1.82) is 0 Å². The summed E-state index contributed by atoms with van der Waals surface area (Å²) >= 11 is 2.95. The quantitative estimate of drug-likeness (QED) is 0.0304. The number of hydrazine groups is 2. The summed E-state index contributed by atoms with van der Waals surface area (Å²) < 4.78 is 10.8. The van der Waals surface area contributed by atoms with Crippen LogP contribution in [-0.4, -0.2) is 153 Å². The van der Waals surface area contributed by atoms with E-state index in [1.54, 1.807) is 90.1 Å². The highest BCUT2D eigenvalue weighted by Gasteiger charge is 2.62. The Morgan fingerprint density at radius 1 is 0.540 bits per heavy atom. The number of aryl methyl sites for hydroxylation is 2. The molecule has 0 radical (unpaired) electrons. The highest BCUT2D eigenvalue weighted by atomic mass is 32.2. The van der Waals surface area contributed by atoms with Gasteiger partial charge in [0.05, 0.1) is 26.2 Å². The number of ether oxygens (including phenoxy) is 2. The van der Waals surface area contributed by atoms with Crippen LogP contribution in [0.25, 0.3) is 0 Å². The molecule has 24 nitrogen and oxygen atoms in total. The Morgan fingerprint density at radius 2 is 0.977 bits per heavy atom. The fourth-order valence-electron chi connectivity index (χ4n) is 8.38. The van der Waals surface area contributed by atoms with Crippen LogP contribution in [0.2, 0.25) is 0 Å². The number of thioether (sulfide) groups is 2. The summed E-state index contributed by atoms with van der Waals surface area (Å²) in [4.78, 5) is 130. The second kappa shape index (κ2) is 34.2. The van der Waals surface area contributed by atoms with E-state index >= 15 is 0 Å². The molecule has 10 N–H and O–H groups in total. The highest BCUT2D eigenvalue weighted by Crippen LogP contribution is 2.47. The van der Waals surface area contributed by atoms with E-state index in [0.717, 1.165) is 22.3 Å². The molecule has 0 heterocycles. The zero-order valence-corrected chi connectivity index (χ0v) is 51.5. The molecule has 5 rings (SSSR count). The maximum Gasteiger partial charge on any atom is 0.408 e. The van der Waals surface area contributed by atoms with Crippen molar-refractivity contribution in [2.45, 2.75) is 126 Å². The van der Waals surface area contributed by atoms with Gasteiger partial charge in [0.1, 0.15) is 22.8 Å². The van der Waals surface area contributed by atoms with E-state index < -0.39 is 95.4 Å². The average Bonchev–Trinajstić information content (AvgIpc) is 1.60. The minimum absolute atomic E-state index is 0.0175. The van der Waals surface area contributed by atoms with E-state index in [1.165, 1.54) is 33.3 Å². The number of aliphatic carboxylic acids is 2. The predicted molar refractivity (Wildman–Crippen MR) is 328 cm³/mol. The molecule has 1 fully saturated rings. The third-order valence-corrected chi connectivity index (χ3v) is 15.4. The minimum atomic E-state index is -1.28. The van der Waals surface area contributed by atoms with E-state index in [0.29, 0.717) is 41.9 Å². The molecule has 3 atom stereocenters. The number of alkyl carbamates (subject to hydrolysis) is 2. The summed E-state index contributed by atoms with van der Waals surface area (Å²) in [6, 6.07) is 32.5. The van der Waals surface area contributed by atoms with Crippen molar-refractivity contribution in [3.05, 3.63) is 143 Å². The SMILES string of the molecule is CC(C)(C)OC(=O)N[C@H](CSCc1ccccc1)C(=O)NNC(=O)CCc1ccc(CNC(=O)CN(CCN(CC(=O)O)CC(=O)NCc2ccc(CCC(=O)NNC(=O)C3(NC(=O)OC(C)(C)C)CC3SCc3ccccc3)cc2)CC(=O)O)cc1. The van der Waals surface area contributed by atoms with Crippen molar-refractivity contribution in [1.82, 2.24) is 52.8 Å². The van der Waals surface area contributed by atoms with Crippen molar-refractivity contribution in [3.63, 3.8) is 0 Å². The number of carbonyl (C=O) groups is 10. The van der Waals surface area contributed by atoms with E-state index in [1.807, 2.05) is 60.7 Å². The number of nitrogens with one attached hydrogen (secondary N) is 8. The van der Waals surface area contributed by atoms with Crippen LogP contribution in [0, 0.1) is 0 Å². The second-order valence-electron chi connectivity index (χ2n) is 22.7. The fourth-order valence-corrected chi connectivity index (χ4v) is 10.8. The van der Waals surface area contributed by atoms with Gasteiger partial charge in [-0.25, -0.2) is 9.59 Å². The molecule has 1 aliphatic carbocycles. The Kier molecular flexibility index (Phi) is 27.4. The molecule has 0 aliphatic heterocycles. The monoisotopic (exact) mass is 1240 g/mol. The molecule has 8 amide bonds. The van der Waals surface area contributed by atoms with E-state index in [4.69, 9.17) is 9.47 Å². The normalized spacial score (nSPS) is 14.8.